The summed E-state index contributed by atoms with van der Waals surface area (Å²) in [5, 5.41) is 18.5. The quantitative estimate of drug-likeness (QED) is 0.321. The molecule has 3 aromatic heterocycles. The first-order chi connectivity index (χ1) is 17.2. The molecule has 36 heavy (non-hydrogen) atoms. The van der Waals surface area contributed by atoms with E-state index in [-0.39, 0.29) is 11.4 Å². The summed E-state index contributed by atoms with van der Waals surface area (Å²) in [7, 11) is 0. The third-order valence-electron chi connectivity index (χ3n) is 6.62. The van der Waals surface area contributed by atoms with Gasteiger partial charge in [-0.1, -0.05) is 18.2 Å². The van der Waals surface area contributed by atoms with E-state index in [0.29, 0.717) is 11.6 Å². The van der Waals surface area contributed by atoms with Crippen LogP contribution in [0, 0.1) is 12.3 Å². The number of aryl methyl sites for hydroxylation is 1. The Kier molecular flexibility index (Phi) is 6.45. The lowest BCUT2D eigenvalue weighted by molar-refractivity contribution is -0.141. The zero-order valence-electron chi connectivity index (χ0n) is 19.8. The second-order valence-electron chi connectivity index (χ2n) is 9.63. The summed E-state index contributed by atoms with van der Waals surface area (Å²) in [4.78, 5) is 13.2. The van der Waals surface area contributed by atoms with Gasteiger partial charge in [0, 0.05) is 30.4 Å². The van der Waals surface area contributed by atoms with Crippen molar-refractivity contribution in [3.8, 4) is 10.4 Å². The summed E-state index contributed by atoms with van der Waals surface area (Å²) >= 11 is 1.65. The Morgan fingerprint density at radius 1 is 1.17 bits per heavy atom. The third-order valence-corrected chi connectivity index (χ3v) is 7.66. The van der Waals surface area contributed by atoms with Gasteiger partial charge >= 0.3 is 6.18 Å². The summed E-state index contributed by atoms with van der Waals surface area (Å²) < 4.78 is 39.0. The third kappa shape index (κ3) is 5.53. The van der Waals surface area contributed by atoms with Crippen LogP contribution < -0.4 is 5.32 Å². The van der Waals surface area contributed by atoms with E-state index in [4.69, 9.17) is 4.98 Å². The topological polar surface area (TPSA) is 105 Å². The highest BCUT2D eigenvalue weighted by molar-refractivity contribution is 7.15. The van der Waals surface area contributed by atoms with E-state index >= 15 is 0 Å². The van der Waals surface area contributed by atoms with Crippen LogP contribution in [0.15, 0.2) is 36.7 Å². The van der Waals surface area contributed by atoms with Crippen molar-refractivity contribution in [3.63, 3.8) is 0 Å². The van der Waals surface area contributed by atoms with Crippen LogP contribution in [0.4, 0.5) is 24.8 Å². The van der Waals surface area contributed by atoms with Crippen LogP contribution in [-0.2, 0) is 12.6 Å². The number of nitrogens with one attached hydrogen (secondary N) is 2. The summed E-state index contributed by atoms with van der Waals surface area (Å²) in [6.45, 7) is 4.25. The molecule has 4 aromatic rings. The number of H-pyrrole nitrogens is 1. The van der Waals surface area contributed by atoms with Crippen molar-refractivity contribution in [3.05, 3.63) is 58.7 Å². The number of tetrazole rings is 1. The van der Waals surface area contributed by atoms with Gasteiger partial charge in [0.15, 0.2) is 5.82 Å². The molecule has 0 aliphatic heterocycles. The molecule has 1 fully saturated rings. The normalized spacial score (nSPS) is 20.4. The molecule has 0 radical (unpaired) electrons. The van der Waals surface area contributed by atoms with Crippen molar-refractivity contribution < 1.29 is 13.2 Å². The molecule has 0 spiro atoms. The first kappa shape index (κ1) is 24.3. The molecule has 1 aliphatic rings. The second kappa shape index (κ2) is 9.57. The standard InChI is InChI=1S/C24H25F3N8S/c1-14-9-16(11-17(10-14)30-22-28-8-5-19(31-22)24(25,26)27)18-13-29-20(36-18)12-23(2)6-3-15(4-7-23)21-32-34-35-33-21/h5,8-11,13,15H,3-4,6-7,12H2,1-2H3,(H,28,30,31)(H,32,33,34,35). The average molecular weight is 515 g/mol. The Morgan fingerprint density at radius 3 is 2.69 bits per heavy atom. The van der Waals surface area contributed by atoms with Gasteiger partial charge in [-0.2, -0.15) is 18.4 Å². The summed E-state index contributed by atoms with van der Waals surface area (Å²) in [5.74, 6) is 1.05. The number of thiazole rings is 1. The van der Waals surface area contributed by atoms with Crippen molar-refractivity contribution in [2.45, 2.75) is 58.0 Å². The number of anilines is 2. The molecule has 5 rings (SSSR count). The van der Waals surface area contributed by atoms with Gasteiger partial charge < -0.3 is 5.32 Å². The second-order valence-corrected chi connectivity index (χ2v) is 10.7. The Balaban J connectivity index is 1.28. The van der Waals surface area contributed by atoms with Gasteiger partial charge in [-0.3, -0.25) is 0 Å². The predicted molar refractivity (Wildman–Crippen MR) is 130 cm³/mol. The van der Waals surface area contributed by atoms with E-state index in [9.17, 15) is 13.2 Å². The Morgan fingerprint density at radius 2 is 1.97 bits per heavy atom. The Hall–Kier alpha value is -3.41. The van der Waals surface area contributed by atoms with Crippen LogP contribution >= 0.6 is 11.3 Å². The van der Waals surface area contributed by atoms with Gasteiger partial charge in [-0.25, -0.2) is 15.0 Å². The van der Waals surface area contributed by atoms with Crippen molar-refractivity contribution in [2.75, 3.05) is 5.32 Å². The number of hydrogen-bond donors (Lipinski definition) is 2. The molecular formula is C24H25F3N8S. The predicted octanol–water partition coefficient (Wildman–Crippen LogP) is 6.09. The number of hydrogen-bond acceptors (Lipinski definition) is 8. The maximum absolute atomic E-state index is 13.0. The number of halogens is 3. The van der Waals surface area contributed by atoms with E-state index in [2.05, 4.69) is 42.8 Å². The summed E-state index contributed by atoms with van der Waals surface area (Å²) in [6.07, 6.45) is 3.52. The van der Waals surface area contributed by atoms with Gasteiger partial charge in [-0.05, 0) is 67.3 Å². The van der Waals surface area contributed by atoms with Gasteiger partial charge in [0.2, 0.25) is 5.95 Å². The van der Waals surface area contributed by atoms with E-state index in [1.165, 1.54) is 0 Å². The van der Waals surface area contributed by atoms with E-state index in [1.807, 2.05) is 31.3 Å². The molecule has 1 aliphatic carbocycles. The smallest absolute Gasteiger partial charge is 0.324 e. The van der Waals surface area contributed by atoms with E-state index < -0.39 is 11.9 Å². The minimum absolute atomic E-state index is 0.101. The van der Waals surface area contributed by atoms with Gasteiger partial charge in [0.1, 0.15) is 5.69 Å². The van der Waals surface area contributed by atoms with Gasteiger partial charge in [0.05, 0.1) is 9.88 Å². The lowest BCUT2D eigenvalue weighted by atomic mass is 9.70. The largest absolute Gasteiger partial charge is 0.433 e. The molecule has 0 amide bonds. The number of alkyl halides is 3. The summed E-state index contributed by atoms with van der Waals surface area (Å²) in [5.41, 5.74) is 1.70. The summed E-state index contributed by atoms with van der Waals surface area (Å²) in [6, 6.07) is 6.61. The minimum atomic E-state index is -4.53. The Labute approximate surface area is 209 Å². The lowest BCUT2D eigenvalue weighted by Gasteiger charge is -2.35. The monoisotopic (exact) mass is 514 g/mol. The number of nitrogens with zero attached hydrogens (tertiary/aromatic N) is 6. The average Bonchev–Trinajstić information content (AvgIpc) is 3.51. The van der Waals surface area contributed by atoms with Gasteiger partial charge in [-0.15, -0.1) is 21.5 Å². The molecule has 0 saturated heterocycles. The molecule has 0 unspecified atom stereocenters. The van der Waals surface area contributed by atoms with Crippen LogP contribution in [-0.4, -0.2) is 35.6 Å². The highest BCUT2D eigenvalue weighted by atomic mass is 32.1. The number of benzene rings is 1. The highest BCUT2D eigenvalue weighted by Crippen LogP contribution is 2.44. The first-order valence-electron chi connectivity index (χ1n) is 11.6. The fourth-order valence-corrected chi connectivity index (χ4v) is 5.81. The van der Waals surface area contributed by atoms with Crippen molar-refractivity contribution >= 4 is 23.0 Å². The molecule has 8 nitrogen and oxygen atoms in total. The van der Waals surface area contributed by atoms with Crippen molar-refractivity contribution in [1.82, 2.24) is 35.6 Å². The SMILES string of the molecule is Cc1cc(Nc2nccc(C(F)(F)F)n2)cc(-c2cnc(CC3(C)CCC(c4nn[nH]n4)CC3)s2)c1. The van der Waals surface area contributed by atoms with Crippen LogP contribution in [0.3, 0.4) is 0 Å². The maximum atomic E-state index is 13.0. The molecule has 1 saturated carbocycles. The molecule has 3 heterocycles. The zero-order chi connectivity index (χ0) is 25.3. The van der Waals surface area contributed by atoms with Crippen molar-refractivity contribution in [1.29, 1.82) is 0 Å². The number of aromatic nitrogens is 7. The minimum Gasteiger partial charge on any atom is -0.324 e. The van der Waals surface area contributed by atoms with E-state index in [0.717, 1.165) is 71.2 Å². The van der Waals surface area contributed by atoms with Gasteiger partial charge in [0.25, 0.3) is 0 Å². The highest BCUT2D eigenvalue weighted by Gasteiger charge is 2.34. The molecule has 1 aromatic carbocycles. The number of aromatic amines is 1. The Bertz CT molecular complexity index is 1330. The molecule has 2 N–H and O–H groups in total. The molecule has 0 atom stereocenters. The fraction of sp³-hybridized carbons (Fsp3) is 0.417. The molecule has 188 valence electrons. The van der Waals surface area contributed by atoms with Crippen LogP contribution in [0.5, 0.6) is 0 Å². The van der Waals surface area contributed by atoms with Crippen LogP contribution in [0.1, 0.15) is 60.6 Å². The zero-order valence-corrected chi connectivity index (χ0v) is 20.6. The molecular weight excluding hydrogens is 489 g/mol. The fourth-order valence-electron chi connectivity index (χ4n) is 4.69. The van der Waals surface area contributed by atoms with Crippen LogP contribution in [0.2, 0.25) is 0 Å². The number of rotatable bonds is 6. The first-order valence-corrected chi connectivity index (χ1v) is 12.5. The van der Waals surface area contributed by atoms with E-state index in [1.54, 1.807) is 11.3 Å². The molecule has 0 bridgehead atoms. The molecule has 12 heteroatoms. The van der Waals surface area contributed by atoms with Crippen LogP contribution in [0.25, 0.3) is 10.4 Å². The maximum Gasteiger partial charge on any atom is 0.433 e. The lowest BCUT2D eigenvalue weighted by Crippen LogP contribution is -2.26. The van der Waals surface area contributed by atoms with Crippen molar-refractivity contribution in [2.24, 2.45) is 5.41 Å².